The zero-order chi connectivity index (χ0) is 7.40. The summed E-state index contributed by atoms with van der Waals surface area (Å²) in [6, 6.07) is 0. The largest absolute Gasteiger partial charge is 0.381 e. The molecule has 0 atom stereocenters. The zero-order valence-electron chi connectivity index (χ0n) is 5.85. The molecule has 3 N–H and O–H groups in total. The van der Waals surface area contributed by atoms with Crippen molar-refractivity contribution in [1.29, 1.82) is 0 Å². The molecule has 0 aromatic heterocycles. The first-order valence-corrected chi connectivity index (χ1v) is 3.09. The minimum Gasteiger partial charge on any atom is -0.381 e. The number of amides is 1. The standard InChI is InChI=1S/C6H9N2O2.Re/c9-6(8-10)5-1-3-7-4-2-5;/h7,10H,1,3-4H2,(H,8,9);/q-1;. The van der Waals surface area contributed by atoms with Crippen molar-refractivity contribution in [3.05, 3.63) is 11.6 Å². The van der Waals surface area contributed by atoms with Crippen molar-refractivity contribution in [1.82, 2.24) is 10.8 Å². The Morgan fingerprint density at radius 1 is 1.73 bits per heavy atom. The SMILES string of the molecule is O=C(NO)C1=[C-]CNCC1.[Re]. The van der Waals surface area contributed by atoms with E-state index in [4.69, 9.17) is 5.21 Å². The van der Waals surface area contributed by atoms with Gasteiger partial charge in [0.2, 0.25) is 0 Å². The van der Waals surface area contributed by atoms with Crippen LogP contribution in [0.15, 0.2) is 5.57 Å². The maximum atomic E-state index is 10.7. The number of carbonyl (C=O) groups excluding carboxylic acids is 1. The van der Waals surface area contributed by atoms with Crippen LogP contribution in [0.3, 0.4) is 0 Å². The van der Waals surface area contributed by atoms with Crippen molar-refractivity contribution in [3.63, 3.8) is 0 Å². The summed E-state index contributed by atoms with van der Waals surface area (Å²) in [5, 5.41) is 11.2. The first-order chi connectivity index (χ1) is 4.84. The fourth-order valence-electron chi connectivity index (χ4n) is 0.821. The topological polar surface area (TPSA) is 61.4 Å². The number of nitrogens with one attached hydrogen (secondary N) is 2. The maximum Gasteiger partial charge on any atom is 0.111 e. The van der Waals surface area contributed by atoms with Crippen LogP contribution in [-0.4, -0.2) is 24.2 Å². The molecule has 1 radical (unpaired) electrons. The van der Waals surface area contributed by atoms with Gasteiger partial charge in [0, 0.05) is 20.4 Å². The summed E-state index contributed by atoms with van der Waals surface area (Å²) >= 11 is 0. The molecule has 0 unspecified atom stereocenters. The molecule has 0 spiro atoms. The van der Waals surface area contributed by atoms with Crippen LogP contribution >= 0.6 is 0 Å². The van der Waals surface area contributed by atoms with Crippen LogP contribution in [0.2, 0.25) is 0 Å². The maximum absolute atomic E-state index is 10.7. The van der Waals surface area contributed by atoms with Gasteiger partial charge in [-0.05, 0) is 13.0 Å². The molecule has 1 aliphatic heterocycles. The molecule has 0 bridgehead atoms. The third-order valence-electron chi connectivity index (χ3n) is 1.35. The molecule has 0 aromatic carbocycles. The molecule has 1 aliphatic rings. The molecule has 11 heavy (non-hydrogen) atoms. The molecule has 0 saturated heterocycles. The quantitative estimate of drug-likeness (QED) is 0.336. The molecule has 0 aromatic rings. The molecule has 5 heteroatoms. The summed E-state index contributed by atoms with van der Waals surface area (Å²) in [7, 11) is 0. The smallest absolute Gasteiger partial charge is 0.111 e. The van der Waals surface area contributed by atoms with Gasteiger partial charge in [-0.2, -0.15) is 5.57 Å². The summed E-state index contributed by atoms with van der Waals surface area (Å²) in [6.45, 7) is 1.36. The fraction of sp³-hybridized carbons (Fsp3) is 0.500. The van der Waals surface area contributed by atoms with E-state index >= 15 is 0 Å². The number of hydrogen-bond donors (Lipinski definition) is 3. The molecule has 0 aliphatic carbocycles. The van der Waals surface area contributed by atoms with Crippen LogP contribution in [-0.2, 0) is 25.2 Å². The molecule has 4 nitrogen and oxygen atoms in total. The molecule has 63 valence electrons. The van der Waals surface area contributed by atoms with E-state index in [1.165, 1.54) is 0 Å². The molecule has 0 saturated carbocycles. The van der Waals surface area contributed by atoms with Gasteiger partial charge in [-0.25, -0.2) is 0 Å². The van der Waals surface area contributed by atoms with Gasteiger partial charge in [-0.15, -0.1) is 0 Å². The van der Waals surface area contributed by atoms with Crippen LogP contribution < -0.4 is 10.8 Å². The van der Waals surface area contributed by atoms with Crippen molar-refractivity contribution in [2.24, 2.45) is 0 Å². The Morgan fingerprint density at radius 3 is 2.91 bits per heavy atom. The molecular formula is C6H9N2O2Re-. The van der Waals surface area contributed by atoms with E-state index < -0.39 is 5.91 Å². The second-order valence-electron chi connectivity index (χ2n) is 2.02. The predicted molar refractivity (Wildman–Crippen MR) is 34.2 cm³/mol. The average molecular weight is 327 g/mol. The van der Waals surface area contributed by atoms with Gasteiger partial charge >= 0.3 is 0 Å². The Hall–Kier alpha value is -0.208. The molecule has 1 rings (SSSR count). The van der Waals surface area contributed by atoms with Crippen LogP contribution in [0.4, 0.5) is 0 Å². The molecule has 1 amide bonds. The van der Waals surface area contributed by atoms with Crippen molar-refractivity contribution in [3.8, 4) is 0 Å². The van der Waals surface area contributed by atoms with Crippen LogP contribution in [0.25, 0.3) is 0 Å². The summed E-state index contributed by atoms with van der Waals surface area (Å²) in [5.74, 6) is -0.443. The van der Waals surface area contributed by atoms with E-state index in [2.05, 4.69) is 11.4 Å². The number of carbonyl (C=O) groups is 1. The second kappa shape index (κ2) is 5.44. The Labute approximate surface area is 78.7 Å². The van der Waals surface area contributed by atoms with Crippen molar-refractivity contribution in [2.75, 3.05) is 13.1 Å². The van der Waals surface area contributed by atoms with Crippen molar-refractivity contribution < 1.29 is 30.4 Å². The molecule has 1 heterocycles. The van der Waals surface area contributed by atoms with Crippen molar-refractivity contribution >= 4 is 5.91 Å². The average Bonchev–Trinajstić information content (AvgIpc) is 2.05. The van der Waals surface area contributed by atoms with Gasteiger partial charge in [-0.1, -0.05) is 6.54 Å². The Morgan fingerprint density at radius 2 is 2.45 bits per heavy atom. The van der Waals surface area contributed by atoms with E-state index in [1.807, 2.05) is 0 Å². The summed E-state index contributed by atoms with van der Waals surface area (Å²) in [4.78, 5) is 10.7. The van der Waals surface area contributed by atoms with Gasteiger partial charge in [-0.3, -0.25) is 6.08 Å². The van der Waals surface area contributed by atoms with Crippen LogP contribution in [0.5, 0.6) is 0 Å². The van der Waals surface area contributed by atoms with E-state index in [0.29, 0.717) is 18.5 Å². The van der Waals surface area contributed by atoms with E-state index in [0.717, 1.165) is 6.54 Å². The first kappa shape index (κ1) is 10.8. The second-order valence-corrected chi connectivity index (χ2v) is 2.02. The van der Waals surface area contributed by atoms with E-state index in [9.17, 15) is 4.79 Å². The summed E-state index contributed by atoms with van der Waals surface area (Å²) in [6.07, 6.45) is 3.43. The van der Waals surface area contributed by atoms with Gasteiger partial charge in [0.1, 0.15) is 5.91 Å². The van der Waals surface area contributed by atoms with Gasteiger partial charge in [0.15, 0.2) is 0 Å². The van der Waals surface area contributed by atoms with E-state index in [1.54, 1.807) is 5.48 Å². The van der Waals surface area contributed by atoms with Crippen molar-refractivity contribution in [2.45, 2.75) is 6.42 Å². The minimum absolute atomic E-state index is 0. The third-order valence-corrected chi connectivity index (χ3v) is 1.35. The molecule has 0 fully saturated rings. The van der Waals surface area contributed by atoms with Crippen LogP contribution in [0.1, 0.15) is 6.42 Å². The zero-order valence-corrected chi connectivity index (χ0v) is 8.57. The Kier molecular flexibility index (Phi) is 5.34. The fourth-order valence-corrected chi connectivity index (χ4v) is 0.821. The first-order valence-electron chi connectivity index (χ1n) is 3.09. The monoisotopic (exact) mass is 328 g/mol. The summed E-state index contributed by atoms with van der Waals surface area (Å²) in [5.41, 5.74) is 2.10. The number of hydrogen-bond acceptors (Lipinski definition) is 3. The van der Waals surface area contributed by atoms with Gasteiger partial charge < -0.3 is 20.8 Å². The van der Waals surface area contributed by atoms with E-state index in [-0.39, 0.29) is 20.4 Å². The third kappa shape index (κ3) is 3.13. The normalized spacial score (nSPS) is 16.3. The predicted octanol–water partition coefficient (Wildman–Crippen LogP) is -0.788. The molecular weight excluding hydrogens is 318 g/mol. The van der Waals surface area contributed by atoms with Gasteiger partial charge in [0.25, 0.3) is 0 Å². The summed E-state index contributed by atoms with van der Waals surface area (Å²) < 4.78 is 0. The number of hydroxylamine groups is 1. The Bertz CT molecular complexity index is 170. The minimum atomic E-state index is -0.443. The van der Waals surface area contributed by atoms with Gasteiger partial charge in [0.05, 0.1) is 0 Å². The van der Waals surface area contributed by atoms with Crippen LogP contribution in [0, 0.1) is 6.08 Å². The Balaban J connectivity index is 0.000001000. The number of rotatable bonds is 1.